The van der Waals surface area contributed by atoms with Crippen molar-refractivity contribution >= 4 is 5.96 Å². The number of rotatable bonds is 9. The summed E-state index contributed by atoms with van der Waals surface area (Å²) in [6.07, 6.45) is 0. The Hall–Kier alpha value is -1.63. The molecule has 6 heteroatoms. The fourth-order valence-corrected chi connectivity index (χ4v) is 3.03. The SMILES string of the molecule is CCN(CC)Cc1ccc(CNC(=NC)NCCN2CCOCC2)cc1. The lowest BCUT2D eigenvalue weighted by Crippen LogP contribution is -2.44. The van der Waals surface area contributed by atoms with Gasteiger partial charge in [-0.05, 0) is 24.2 Å². The number of aliphatic imine (C=N–C) groups is 1. The van der Waals surface area contributed by atoms with E-state index in [1.165, 1.54) is 11.1 Å². The van der Waals surface area contributed by atoms with Crippen LogP contribution in [0.3, 0.4) is 0 Å². The molecule has 0 aliphatic carbocycles. The smallest absolute Gasteiger partial charge is 0.191 e. The summed E-state index contributed by atoms with van der Waals surface area (Å²) in [6.45, 7) is 14.0. The van der Waals surface area contributed by atoms with E-state index in [-0.39, 0.29) is 0 Å². The number of guanidine groups is 1. The van der Waals surface area contributed by atoms with Gasteiger partial charge in [-0.15, -0.1) is 0 Å². The van der Waals surface area contributed by atoms with E-state index < -0.39 is 0 Å². The van der Waals surface area contributed by atoms with Gasteiger partial charge < -0.3 is 15.4 Å². The monoisotopic (exact) mass is 361 g/mol. The molecule has 1 heterocycles. The number of nitrogens with zero attached hydrogens (tertiary/aromatic N) is 3. The molecular weight excluding hydrogens is 326 g/mol. The second-order valence-electron chi connectivity index (χ2n) is 6.58. The van der Waals surface area contributed by atoms with Gasteiger partial charge in [0.25, 0.3) is 0 Å². The van der Waals surface area contributed by atoms with Crippen molar-refractivity contribution < 1.29 is 4.74 Å². The first-order chi connectivity index (χ1) is 12.7. The van der Waals surface area contributed by atoms with Gasteiger partial charge >= 0.3 is 0 Å². The van der Waals surface area contributed by atoms with E-state index in [9.17, 15) is 0 Å². The predicted molar refractivity (Wildman–Crippen MR) is 109 cm³/mol. The minimum Gasteiger partial charge on any atom is -0.379 e. The van der Waals surface area contributed by atoms with Crippen LogP contribution in [-0.4, -0.2) is 75.3 Å². The number of nitrogens with one attached hydrogen (secondary N) is 2. The van der Waals surface area contributed by atoms with Gasteiger partial charge in [0.15, 0.2) is 5.96 Å². The third-order valence-electron chi connectivity index (χ3n) is 4.83. The summed E-state index contributed by atoms with van der Waals surface area (Å²) in [7, 11) is 1.82. The fraction of sp³-hybridized carbons (Fsp3) is 0.650. The maximum absolute atomic E-state index is 5.38. The van der Waals surface area contributed by atoms with Gasteiger partial charge in [0.2, 0.25) is 0 Å². The molecule has 0 amide bonds. The average molecular weight is 362 g/mol. The number of hydrogen-bond acceptors (Lipinski definition) is 4. The molecule has 0 unspecified atom stereocenters. The number of hydrogen-bond donors (Lipinski definition) is 2. The van der Waals surface area contributed by atoms with Crippen LogP contribution in [0.25, 0.3) is 0 Å². The van der Waals surface area contributed by atoms with Crippen molar-refractivity contribution in [2.24, 2.45) is 4.99 Å². The molecule has 1 aromatic rings. The Morgan fingerprint density at radius 3 is 2.35 bits per heavy atom. The molecule has 1 saturated heterocycles. The number of benzene rings is 1. The lowest BCUT2D eigenvalue weighted by Gasteiger charge is -2.26. The predicted octanol–water partition coefficient (Wildman–Crippen LogP) is 1.53. The van der Waals surface area contributed by atoms with Crippen molar-refractivity contribution in [1.29, 1.82) is 0 Å². The molecule has 0 atom stereocenters. The maximum atomic E-state index is 5.38. The Labute approximate surface area is 158 Å². The minimum atomic E-state index is 0.781. The van der Waals surface area contributed by atoms with E-state index in [0.29, 0.717) is 0 Å². The van der Waals surface area contributed by atoms with Crippen molar-refractivity contribution in [3.63, 3.8) is 0 Å². The molecule has 1 aliphatic heterocycles. The summed E-state index contributed by atoms with van der Waals surface area (Å²) in [4.78, 5) is 9.15. The zero-order chi connectivity index (χ0) is 18.6. The van der Waals surface area contributed by atoms with E-state index in [4.69, 9.17) is 4.74 Å². The van der Waals surface area contributed by atoms with Crippen LogP contribution in [0, 0.1) is 0 Å². The van der Waals surface area contributed by atoms with Crippen molar-refractivity contribution in [1.82, 2.24) is 20.4 Å². The Bertz CT molecular complexity index is 522. The lowest BCUT2D eigenvalue weighted by atomic mass is 10.1. The Morgan fingerprint density at radius 2 is 1.73 bits per heavy atom. The highest BCUT2D eigenvalue weighted by molar-refractivity contribution is 5.79. The molecule has 1 fully saturated rings. The van der Waals surface area contributed by atoms with Crippen molar-refractivity contribution in [2.75, 3.05) is 59.5 Å². The third kappa shape index (κ3) is 7.32. The molecule has 1 aliphatic rings. The zero-order valence-electron chi connectivity index (χ0n) is 16.6. The van der Waals surface area contributed by atoms with Gasteiger partial charge in [-0.2, -0.15) is 0 Å². The molecule has 0 spiro atoms. The lowest BCUT2D eigenvalue weighted by molar-refractivity contribution is 0.0389. The van der Waals surface area contributed by atoms with Crippen molar-refractivity contribution in [2.45, 2.75) is 26.9 Å². The van der Waals surface area contributed by atoms with Crippen LogP contribution in [0.5, 0.6) is 0 Å². The molecule has 26 heavy (non-hydrogen) atoms. The van der Waals surface area contributed by atoms with E-state index in [2.05, 4.69) is 63.5 Å². The van der Waals surface area contributed by atoms with Crippen LogP contribution in [0.4, 0.5) is 0 Å². The normalized spacial score (nSPS) is 16.1. The zero-order valence-corrected chi connectivity index (χ0v) is 16.6. The topological polar surface area (TPSA) is 52.1 Å². The van der Waals surface area contributed by atoms with Crippen LogP contribution in [0.2, 0.25) is 0 Å². The van der Waals surface area contributed by atoms with Crippen LogP contribution in [0.1, 0.15) is 25.0 Å². The summed E-state index contributed by atoms with van der Waals surface area (Å²) >= 11 is 0. The standard InChI is InChI=1S/C20H35N5O/c1-4-24(5-2)17-19-8-6-18(7-9-19)16-23-20(21-3)22-10-11-25-12-14-26-15-13-25/h6-9H,4-5,10-17H2,1-3H3,(H2,21,22,23). The summed E-state index contributed by atoms with van der Waals surface area (Å²) in [5, 5.41) is 6.78. The van der Waals surface area contributed by atoms with Gasteiger partial charge in [-0.1, -0.05) is 38.1 Å². The first kappa shape index (κ1) is 20.7. The molecule has 6 nitrogen and oxygen atoms in total. The van der Waals surface area contributed by atoms with Crippen LogP contribution in [-0.2, 0) is 17.8 Å². The van der Waals surface area contributed by atoms with E-state index in [1.807, 2.05) is 7.05 Å². The summed E-state index contributed by atoms with van der Waals surface area (Å²) < 4.78 is 5.38. The highest BCUT2D eigenvalue weighted by atomic mass is 16.5. The first-order valence-corrected chi connectivity index (χ1v) is 9.80. The van der Waals surface area contributed by atoms with Gasteiger partial charge in [0.05, 0.1) is 13.2 Å². The van der Waals surface area contributed by atoms with E-state index in [1.54, 1.807) is 0 Å². The quantitative estimate of drug-likeness (QED) is 0.516. The van der Waals surface area contributed by atoms with Crippen molar-refractivity contribution in [3.05, 3.63) is 35.4 Å². The highest BCUT2D eigenvalue weighted by Crippen LogP contribution is 2.07. The maximum Gasteiger partial charge on any atom is 0.191 e. The number of morpholine rings is 1. The average Bonchev–Trinajstić information content (AvgIpc) is 2.70. The molecule has 2 rings (SSSR count). The fourth-order valence-electron chi connectivity index (χ4n) is 3.03. The first-order valence-electron chi connectivity index (χ1n) is 9.80. The highest BCUT2D eigenvalue weighted by Gasteiger charge is 2.09. The molecule has 0 radical (unpaired) electrons. The van der Waals surface area contributed by atoms with Gasteiger partial charge in [-0.25, -0.2) is 0 Å². The van der Waals surface area contributed by atoms with Crippen molar-refractivity contribution in [3.8, 4) is 0 Å². The van der Waals surface area contributed by atoms with Gasteiger partial charge in [0.1, 0.15) is 0 Å². The summed E-state index contributed by atoms with van der Waals surface area (Å²) in [5.74, 6) is 0.852. The third-order valence-corrected chi connectivity index (χ3v) is 4.83. The molecule has 146 valence electrons. The second-order valence-corrected chi connectivity index (χ2v) is 6.58. The molecule has 0 saturated carbocycles. The molecule has 1 aromatic carbocycles. The van der Waals surface area contributed by atoms with Gasteiger partial charge in [-0.3, -0.25) is 14.8 Å². The second kappa shape index (κ2) is 11.9. The molecule has 2 N–H and O–H groups in total. The molecular formula is C20H35N5O. The van der Waals surface area contributed by atoms with Crippen LogP contribution < -0.4 is 10.6 Å². The summed E-state index contributed by atoms with van der Waals surface area (Å²) in [5.41, 5.74) is 2.63. The molecule has 0 aromatic heterocycles. The number of ether oxygens (including phenoxy) is 1. The molecule has 0 bridgehead atoms. The summed E-state index contributed by atoms with van der Waals surface area (Å²) in [6, 6.07) is 8.85. The Kier molecular flexibility index (Phi) is 9.45. The van der Waals surface area contributed by atoms with E-state index in [0.717, 1.165) is 71.5 Å². The van der Waals surface area contributed by atoms with E-state index >= 15 is 0 Å². The van der Waals surface area contributed by atoms with Gasteiger partial charge in [0, 0.05) is 46.3 Å². The largest absolute Gasteiger partial charge is 0.379 e. The van der Waals surface area contributed by atoms with Crippen LogP contribution >= 0.6 is 0 Å². The minimum absolute atomic E-state index is 0.781. The van der Waals surface area contributed by atoms with Crippen LogP contribution in [0.15, 0.2) is 29.3 Å². The Balaban J connectivity index is 1.70. The Morgan fingerprint density at radius 1 is 1.08 bits per heavy atom.